The third kappa shape index (κ3) is 13.1. The van der Waals surface area contributed by atoms with Gasteiger partial charge < -0.3 is 19.9 Å². The number of esters is 1. The first-order valence-electron chi connectivity index (χ1n) is 9.61. The molecule has 0 radical (unpaired) electrons. The van der Waals surface area contributed by atoms with Gasteiger partial charge in [-0.15, -0.1) is 0 Å². The first-order valence-corrected chi connectivity index (χ1v) is 9.61. The number of aliphatic carboxylic acids is 1. The van der Waals surface area contributed by atoms with Crippen LogP contribution in [0.1, 0.15) is 66.2 Å². The minimum absolute atomic E-state index is 0.135. The van der Waals surface area contributed by atoms with E-state index in [1.54, 1.807) is 20.8 Å². The quantitative estimate of drug-likeness (QED) is 0.369. The lowest BCUT2D eigenvalue weighted by Gasteiger charge is -2.28. The molecule has 8 nitrogen and oxygen atoms in total. The van der Waals surface area contributed by atoms with Crippen LogP contribution in [0.5, 0.6) is 0 Å². The Morgan fingerprint density at radius 2 is 1.67 bits per heavy atom. The van der Waals surface area contributed by atoms with Crippen LogP contribution >= 0.6 is 0 Å². The molecule has 0 aromatic rings. The van der Waals surface area contributed by atoms with Crippen molar-refractivity contribution in [1.82, 2.24) is 10.2 Å². The molecule has 8 heteroatoms. The summed E-state index contributed by atoms with van der Waals surface area (Å²) in [5.74, 6) is -1.72. The highest BCUT2D eigenvalue weighted by atomic mass is 16.6. The lowest BCUT2D eigenvalue weighted by atomic mass is 10.1. The van der Waals surface area contributed by atoms with Gasteiger partial charge in [0.2, 0.25) is 0 Å². The zero-order valence-electron chi connectivity index (χ0n) is 17.4. The first kappa shape index (κ1) is 25.2. The second kappa shape index (κ2) is 13.4. The molecule has 0 aliphatic carbocycles. The van der Waals surface area contributed by atoms with Crippen LogP contribution < -0.4 is 5.32 Å². The highest BCUT2D eigenvalue weighted by Gasteiger charge is 2.29. The maximum absolute atomic E-state index is 12.3. The van der Waals surface area contributed by atoms with Gasteiger partial charge in [-0.25, -0.2) is 4.79 Å². The number of rotatable bonds is 13. The van der Waals surface area contributed by atoms with Crippen molar-refractivity contribution in [3.63, 3.8) is 0 Å². The molecule has 0 aromatic carbocycles. The number of methoxy groups -OCH3 is 1. The predicted octanol–water partition coefficient (Wildman–Crippen LogP) is 2.80. The Labute approximate surface area is 162 Å². The van der Waals surface area contributed by atoms with Gasteiger partial charge in [0.05, 0.1) is 13.7 Å². The Bertz CT molecular complexity index is 462. The Hall–Kier alpha value is -1.83. The monoisotopic (exact) mass is 388 g/mol. The van der Waals surface area contributed by atoms with Crippen molar-refractivity contribution in [3.05, 3.63) is 0 Å². The van der Waals surface area contributed by atoms with Crippen molar-refractivity contribution in [3.8, 4) is 0 Å². The molecule has 0 saturated heterocycles. The molecular weight excluding hydrogens is 352 g/mol. The van der Waals surface area contributed by atoms with E-state index < -0.39 is 36.2 Å². The summed E-state index contributed by atoms with van der Waals surface area (Å²) >= 11 is 0. The van der Waals surface area contributed by atoms with Crippen LogP contribution in [0.15, 0.2) is 0 Å². The molecular formula is C19H36N2O6. The van der Waals surface area contributed by atoms with Crippen LogP contribution in [0.2, 0.25) is 0 Å². The average Bonchev–Trinajstić information content (AvgIpc) is 2.56. The van der Waals surface area contributed by atoms with E-state index in [0.717, 1.165) is 24.2 Å². The van der Waals surface area contributed by atoms with Crippen LogP contribution in [0, 0.1) is 0 Å². The third-order valence-corrected chi connectivity index (χ3v) is 3.79. The van der Waals surface area contributed by atoms with Crippen LogP contribution in [0.3, 0.4) is 0 Å². The van der Waals surface area contributed by atoms with Crippen LogP contribution in [0.4, 0.5) is 4.79 Å². The second-order valence-corrected chi connectivity index (χ2v) is 7.55. The Kier molecular flexibility index (Phi) is 12.5. The molecule has 1 amide bonds. The van der Waals surface area contributed by atoms with Gasteiger partial charge in [0.1, 0.15) is 18.2 Å². The summed E-state index contributed by atoms with van der Waals surface area (Å²) in [6, 6.07) is -0.808. The summed E-state index contributed by atoms with van der Waals surface area (Å²) in [6.07, 6.45) is 5.91. The Morgan fingerprint density at radius 3 is 2.19 bits per heavy atom. The molecule has 0 bridgehead atoms. The molecule has 27 heavy (non-hydrogen) atoms. The molecule has 1 unspecified atom stereocenters. The second-order valence-electron chi connectivity index (χ2n) is 7.55. The SMILES string of the molecule is CCCCCCCCNC(CN(CC(=O)O)C(=O)OC(C)(C)C)C(=O)OC. The molecule has 0 saturated carbocycles. The predicted molar refractivity (Wildman–Crippen MR) is 103 cm³/mol. The Morgan fingerprint density at radius 1 is 1.07 bits per heavy atom. The van der Waals surface area contributed by atoms with E-state index in [1.807, 2.05) is 0 Å². The molecule has 1 atom stereocenters. The summed E-state index contributed by atoms with van der Waals surface area (Å²) in [4.78, 5) is 36.4. The number of unbranched alkanes of at least 4 members (excludes halogenated alkanes) is 5. The van der Waals surface area contributed by atoms with E-state index in [-0.39, 0.29) is 6.54 Å². The number of carboxylic acids is 1. The van der Waals surface area contributed by atoms with Gasteiger partial charge in [-0.3, -0.25) is 14.5 Å². The minimum atomic E-state index is -1.18. The molecule has 0 spiro atoms. The number of nitrogens with zero attached hydrogens (tertiary/aromatic N) is 1. The number of amides is 1. The smallest absolute Gasteiger partial charge is 0.410 e. The number of hydrogen-bond acceptors (Lipinski definition) is 6. The standard InChI is InChI=1S/C19H36N2O6/c1-6-7-8-9-10-11-12-20-15(17(24)26-5)13-21(14-16(22)23)18(25)27-19(2,3)4/h15,20H,6-14H2,1-5H3,(H,22,23). The normalized spacial score (nSPS) is 12.3. The summed E-state index contributed by atoms with van der Waals surface area (Å²) in [5.41, 5.74) is -0.763. The number of carbonyl (C=O) groups excluding carboxylic acids is 2. The molecule has 0 heterocycles. The van der Waals surface area contributed by atoms with Crippen molar-refractivity contribution >= 4 is 18.0 Å². The van der Waals surface area contributed by atoms with E-state index in [9.17, 15) is 14.4 Å². The van der Waals surface area contributed by atoms with Gasteiger partial charge in [0, 0.05) is 0 Å². The maximum atomic E-state index is 12.3. The molecule has 0 aliphatic heterocycles. The van der Waals surface area contributed by atoms with E-state index in [4.69, 9.17) is 14.6 Å². The third-order valence-electron chi connectivity index (χ3n) is 3.79. The van der Waals surface area contributed by atoms with Gasteiger partial charge >= 0.3 is 18.0 Å². The highest BCUT2D eigenvalue weighted by molar-refractivity contribution is 5.79. The summed E-state index contributed by atoms with van der Waals surface area (Å²) in [7, 11) is 1.26. The largest absolute Gasteiger partial charge is 0.480 e. The zero-order valence-corrected chi connectivity index (χ0v) is 17.4. The van der Waals surface area contributed by atoms with Gasteiger partial charge in [0.25, 0.3) is 0 Å². The zero-order chi connectivity index (χ0) is 20.9. The molecule has 2 N–H and O–H groups in total. The van der Waals surface area contributed by atoms with Crippen molar-refractivity contribution < 1.29 is 29.0 Å². The maximum Gasteiger partial charge on any atom is 0.410 e. The van der Waals surface area contributed by atoms with E-state index in [2.05, 4.69) is 12.2 Å². The number of nitrogens with one attached hydrogen (secondary N) is 1. The van der Waals surface area contributed by atoms with Crippen molar-refractivity contribution in [2.24, 2.45) is 0 Å². The lowest BCUT2D eigenvalue weighted by Crippen LogP contribution is -2.51. The van der Waals surface area contributed by atoms with Crippen LogP contribution in [-0.2, 0) is 19.1 Å². The number of hydrogen-bond donors (Lipinski definition) is 2. The molecule has 0 aromatic heterocycles. The number of carboxylic acid groups (broad SMARTS) is 1. The average molecular weight is 389 g/mol. The fraction of sp³-hybridized carbons (Fsp3) is 0.842. The Balaban J connectivity index is 4.75. The van der Waals surface area contributed by atoms with Crippen molar-refractivity contribution in [2.45, 2.75) is 77.9 Å². The molecule has 158 valence electrons. The minimum Gasteiger partial charge on any atom is -0.480 e. The topological polar surface area (TPSA) is 105 Å². The van der Waals surface area contributed by atoms with E-state index in [0.29, 0.717) is 6.54 Å². The van der Waals surface area contributed by atoms with Gasteiger partial charge in [-0.2, -0.15) is 0 Å². The summed E-state index contributed by atoms with van der Waals surface area (Å²) in [5, 5.41) is 12.1. The van der Waals surface area contributed by atoms with Crippen molar-refractivity contribution in [1.29, 1.82) is 0 Å². The fourth-order valence-corrected chi connectivity index (χ4v) is 2.46. The summed E-state index contributed by atoms with van der Waals surface area (Å²) < 4.78 is 10.0. The first-order chi connectivity index (χ1) is 12.6. The van der Waals surface area contributed by atoms with Crippen LogP contribution in [-0.4, -0.2) is 66.4 Å². The van der Waals surface area contributed by atoms with Gasteiger partial charge in [-0.05, 0) is 33.7 Å². The van der Waals surface area contributed by atoms with E-state index in [1.165, 1.54) is 26.4 Å². The van der Waals surface area contributed by atoms with Crippen LogP contribution in [0.25, 0.3) is 0 Å². The number of ether oxygens (including phenoxy) is 2. The highest BCUT2D eigenvalue weighted by Crippen LogP contribution is 2.11. The van der Waals surface area contributed by atoms with Gasteiger partial charge in [-0.1, -0.05) is 39.0 Å². The van der Waals surface area contributed by atoms with Crippen molar-refractivity contribution in [2.75, 3.05) is 26.7 Å². The molecule has 0 aliphatic rings. The van der Waals surface area contributed by atoms with E-state index >= 15 is 0 Å². The summed E-state index contributed by atoms with van der Waals surface area (Å²) in [6.45, 7) is 7.14. The lowest BCUT2D eigenvalue weighted by molar-refractivity contribution is -0.145. The van der Waals surface area contributed by atoms with Gasteiger partial charge in [0.15, 0.2) is 0 Å². The number of carbonyl (C=O) groups is 3. The fourth-order valence-electron chi connectivity index (χ4n) is 2.46. The molecule has 0 fully saturated rings. The molecule has 0 rings (SSSR count).